The molecule has 0 aliphatic carbocycles. The lowest BCUT2D eigenvalue weighted by Gasteiger charge is -2.11. The van der Waals surface area contributed by atoms with Gasteiger partial charge in [-0.05, 0) is 37.1 Å². The van der Waals surface area contributed by atoms with Crippen LogP contribution in [0.25, 0.3) is 0 Å². The first-order valence-corrected chi connectivity index (χ1v) is 7.70. The lowest BCUT2D eigenvalue weighted by atomic mass is 10.1. The van der Waals surface area contributed by atoms with E-state index in [9.17, 15) is 18.0 Å². The van der Waals surface area contributed by atoms with Crippen LogP contribution in [0.5, 0.6) is 5.75 Å². The first kappa shape index (κ1) is 16.3. The van der Waals surface area contributed by atoms with Crippen LogP contribution in [0.2, 0.25) is 0 Å². The summed E-state index contributed by atoms with van der Waals surface area (Å²) in [6, 6.07) is 1.82. The molecule has 1 aromatic carbocycles. The Kier molecular flexibility index (Phi) is 4.96. The highest BCUT2D eigenvalue weighted by Crippen LogP contribution is 2.27. The number of carbonyl (C=O) groups excluding carboxylic acids is 2. The Bertz CT molecular complexity index is 657. The van der Waals surface area contributed by atoms with Gasteiger partial charge < -0.3 is 10.5 Å². The number of rotatable bonds is 4. The van der Waals surface area contributed by atoms with Gasteiger partial charge in [-0.3, -0.25) is 10.1 Å². The molecule has 0 unspecified atom stereocenters. The fourth-order valence-electron chi connectivity index (χ4n) is 1.50. The molecule has 20 heavy (non-hydrogen) atoms. The Morgan fingerprint density at radius 2 is 1.90 bits per heavy atom. The molecule has 7 nitrogen and oxygen atoms in total. The molecule has 0 saturated heterocycles. The molecule has 3 amide bonds. The van der Waals surface area contributed by atoms with E-state index >= 15 is 0 Å². The second-order valence-electron chi connectivity index (χ2n) is 4.02. The molecule has 1 rings (SSSR count). The van der Waals surface area contributed by atoms with Crippen molar-refractivity contribution in [3.05, 3.63) is 23.3 Å². The molecule has 0 radical (unpaired) electrons. The van der Waals surface area contributed by atoms with Gasteiger partial charge in [-0.15, -0.1) is 0 Å². The van der Waals surface area contributed by atoms with Crippen molar-refractivity contribution in [2.24, 2.45) is 5.73 Å². The summed E-state index contributed by atoms with van der Waals surface area (Å²) in [6.07, 6.45) is 0. The predicted octanol–water partition coefficient (Wildman–Crippen LogP) is 0.805. The average molecular weight is 321 g/mol. The maximum Gasteiger partial charge on any atom is 0.318 e. The summed E-state index contributed by atoms with van der Waals surface area (Å²) in [7, 11) is 1.45. The Morgan fingerprint density at radius 3 is 2.40 bits per heavy atom. The molecule has 1 aromatic rings. The summed E-state index contributed by atoms with van der Waals surface area (Å²) in [5, 5.41) is 1.84. The largest absolute Gasteiger partial charge is 0.483 e. The van der Waals surface area contributed by atoms with Crippen LogP contribution < -0.4 is 15.8 Å². The van der Waals surface area contributed by atoms with Gasteiger partial charge in [0.15, 0.2) is 6.61 Å². The molecule has 0 heterocycles. The van der Waals surface area contributed by atoms with E-state index in [4.69, 9.17) is 21.2 Å². The van der Waals surface area contributed by atoms with E-state index in [1.165, 1.54) is 12.1 Å². The normalized spacial score (nSPS) is 10.9. The fraction of sp³-hybridized carbons (Fsp3) is 0.273. The zero-order chi connectivity index (χ0) is 15.5. The van der Waals surface area contributed by atoms with Crippen LogP contribution >= 0.6 is 10.7 Å². The maximum atomic E-state index is 11.3. The van der Waals surface area contributed by atoms with Crippen molar-refractivity contribution in [1.29, 1.82) is 0 Å². The second kappa shape index (κ2) is 6.10. The summed E-state index contributed by atoms with van der Waals surface area (Å²) in [4.78, 5) is 21.6. The minimum absolute atomic E-state index is 0.0226. The highest BCUT2D eigenvalue weighted by atomic mass is 35.7. The van der Waals surface area contributed by atoms with Crippen LogP contribution in [0.4, 0.5) is 4.79 Å². The molecule has 0 atom stereocenters. The SMILES string of the molecule is Cc1cc(S(=O)(=O)Cl)c(C)cc1OCC(=O)NC(N)=O. The van der Waals surface area contributed by atoms with Gasteiger partial charge in [-0.1, -0.05) is 0 Å². The lowest BCUT2D eigenvalue weighted by molar-refractivity contribution is -0.121. The third-order valence-corrected chi connectivity index (χ3v) is 3.82. The Labute approximate surface area is 120 Å². The van der Waals surface area contributed by atoms with Gasteiger partial charge in [0.05, 0.1) is 4.90 Å². The van der Waals surface area contributed by atoms with E-state index in [1.807, 2.05) is 5.32 Å². The van der Waals surface area contributed by atoms with Crippen LogP contribution in [0.3, 0.4) is 0 Å². The minimum Gasteiger partial charge on any atom is -0.483 e. The Morgan fingerprint density at radius 1 is 1.30 bits per heavy atom. The first-order valence-electron chi connectivity index (χ1n) is 5.39. The number of benzene rings is 1. The van der Waals surface area contributed by atoms with E-state index in [0.717, 1.165) is 0 Å². The van der Waals surface area contributed by atoms with Crippen molar-refractivity contribution in [3.8, 4) is 5.75 Å². The predicted molar refractivity (Wildman–Crippen MR) is 72.2 cm³/mol. The molecule has 0 aliphatic heterocycles. The quantitative estimate of drug-likeness (QED) is 0.796. The van der Waals surface area contributed by atoms with E-state index in [-0.39, 0.29) is 4.90 Å². The van der Waals surface area contributed by atoms with E-state index in [2.05, 4.69) is 0 Å². The maximum absolute atomic E-state index is 11.3. The van der Waals surface area contributed by atoms with Gasteiger partial charge in [0.1, 0.15) is 5.75 Å². The van der Waals surface area contributed by atoms with Crippen LogP contribution in [0.15, 0.2) is 17.0 Å². The van der Waals surface area contributed by atoms with Crippen LogP contribution in [0, 0.1) is 13.8 Å². The van der Waals surface area contributed by atoms with E-state index in [1.54, 1.807) is 13.8 Å². The van der Waals surface area contributed by atoms with Crippen molar-refractivity contribution < 1.29 is 22.7 Å². The third-order valence-electron chi connectivity index (χ3n) is 2.36. The molecule has 0 saturated carbocycles. The summed E-state index contributed by atoms with van der Waals surface area (Å²) < 4.78 is 27.8. The molecule has 0 fully saturated rings. The van der Waals surface area contributed by atoms with Crippen molar-refractivity contribution in [1.82, 2.24) is 5.32 Å². The zero-order valence-electron chi connectivity index (χ0n) is 10.8. The molecule has 0 bridgehead atoms. The standard InChI is InChI=1S/C11H13ClN2O5S/c1-6-4-9(20(12,17)18)7(2)3-8(6)19-5-10(15)14-11(13)16/h3-4H,5H2,1-2H3,(H3,13,14,15,16). The number of primary amides is 1. The molecule has 110 valence electrons. The van der Waals surface area contributed by atoms with Gasteiger partial charge in [-0.2, -0.15) is 0 Å². The van der Waals surface area contributed by atoms with Gasteiger partial charge in [-0.25, -0.2) is 13.2 Å². The molecular weight excluding hydrogens is 308 g/mol. The molecule has 0 aromatic heterocycles. The van der Waals surface area contributed by atoms with Gasteiger partial charge in [0.2, 0.25) is 0 Å². The number of hydrogen-bond donors (Lipinski definition) is 2. The number of aryl methyl sites for hydroxylation is 2. The number of amides is 3. The monoisotopic (exact) mass is 320 g/mol. The first-order chi connectivity index (χ1) is 9.11. The zero-order valence-corrected chi connectivity index (χ0v) is 12.3. The van der Waals surface area contributed by atoms with Crippen LogP contribution in [0.1, 0.15) is 11.1 Å². The molecule has 3 N–H and O–H groups in total. The Balaban J connectivity index is 2.91. The molecular formula is C11H13ClN2O5S. The highest BCUT2D eigenvalue weighted by molar-refractivity contribution is 8.13. The summed E-state index contributed by atoms with van der Waals surface area (Å²) in [5.74, 6) is -0.394. The fourth-order valence-corrected chi connectivity index (χ4v) is 2.76. The van der Waals surface area contributed by atoms with E-state index in [0.29, 0.717) is 16.9 Å². The second-order valence-corrected chi connectivity index (χ2v) is 6.56. The topological polar surface area (TPSA) is 116 Å². The summed E-state index contributed by atoms with van der Waals surface area (Å²) >= 11 is 0. The number of ether oxygens (including phenoxy) is 1. The van der Waals surface area contributed by atoms with Crippen LogP contribution in [-0.4, -0.2) is 27.0 Å². The Hall–Kier alpha value is -1.80. The van der Waals surface area contributed by atoms with Gasteiger partial charge in [0.25, 0.3) is 15.0 Å². The van der Waals surface area contributed by atoms with E-state index < -0.39 is 27.6 Å². The number of urea groups is 1. The minimum atomic E-state index is -3.84. The van der Waals surface area contributed by atoms with Gasteiger partial charge in [0, 0.05) is 10.7 Å². The lowest BCUT2D eigenvalue weighted by Crippen LogP contribution is -2.38. The van der Waals surface area contributed by atoms with Crippen molar-refractivity contribution >= 4 is 31.7 Å². The number of halogens is 1. The van der Waals surface area contributed by atoms with Crippen molar-refractivity contribution in [2.45, 2.75) is 18.7 Å². The number of imide groups is 1. The van der Waals surface area contributed by atoms with Crippen molar-refractivity contribution in [3.63, 3.8) is 0 Å². The van der Waals surface area contributed by atoms with Gasteiger partial charge >= 0.3 is 6.03 Å². The summed E-state index contributed by atoms with van der Waals surface area (Å²) in [6.45, 7) is 2.73. The molecule has 0 spiro atoms. The number of carbonyl (C=O) groups is 2. The molecule has 0 aliphatic rings. The summed E-state index contributed by atoms with van der Waals surface area (Å²) in [5.41, 5.74) is 5.65. The number of hydrogen-bond acceptors (Lipinski definition) is 5. The molecule has 9 heteroatoms. The number of nitrogens with two attached hydrogens (primary N) is 1. The average Bonchev–Trinajstić information content (AvgIpc) is 2.27. The van der Waals surface area contributed by atoms with Crippen LogP contribution in [-0.2, 0) is 13.8 Å². The third kappa shape index (κ3) is 4.39. The number of nitrogens with one attached hydrogen (secondary N) is 1. The highest BCUT2D eigenvalue weighted by Gasteiger charge is 2.16. The smallest absolute Gasteiger partial charge is 0.318 e. The van der Waals surface area contributed by atoms with Crippen molar-refractivity contribution in [2.75, 3.05) is 6.61 Å².